The first kappa shape index (κ1) is 33.5. The zero-order valence-corrected chi connectivity index (χ0v) is 29.5. The van der Waals surface area contributed by atoms with Crippen LogP contribution in [0.25, 0.3) is 65.7 Å². The average Bonchev–Trinajstić information content (AvgIpc) is 3.21. The molecular weight excluding hydrogens is 669 g/mol. The van der Waals surface area contributed by atoms with E-state index in [1.807, 2.05) is 0 Å². The molecule has 0 saturated carbocycles. The van der Waals surface area contributed by atoms with E-state index in [2.05, 4.69) is 200 Å². The fourth-order valence-electron chi connectivity index (χ4n) is 7.15. The van der Waals surface area contributed by atoms with Gasteiger partial charge in [0.05, 0.1) is 10.9 Å². The largest absolute Gasteiger partial charge is 0.565 e. The summed E-state index contributed by atoms with van der Waals surface area (Å²) >= 11 is 0. The first-order chi connectivity index (χ1) is 26.0. The molecule has 0 aliphatic carbocycles. The minimum atomic E-state index is -2.08. The molecule has 0 unspecified atom stereocenters. The Kier molecular flexibility index (Phi) is 9.44. The third-order valence-electron chi connectivity index (χ3n) is 9.57. The maximum atomic E-state index is 8.44. The molecule has 0 spiro atoms. The molecular formula is C49H34O3S. The molecule has 0 radical (unpaired) electrons. The third-order valence-corrected chi connectivity index (χ3v) is 11.8. The highest BCUT2D eigenvalue weighted by Gasteiger charge is 2.29. The van der Waals surface area contributed by atoms with Crippen LogP contribution in [0.1, 0.15) is 0 Å². The van der Waals surface area contributed by atoms with Crippen molar-refractivity contribution in [2.45, 2.75) is 14.7 Å². The molecule has 0 amide bonds. The van der Waals surface area contributed by atoms with Crippen molar-refractivity contribution in [3.8, 4) is 33.4 Å². The van der Waals surface area contributed by atoms with Crippen LogP contribution in [-0.4, -0.2) is 11.3 Å². The van der Waals surface area contributed by atoms with Crippen LogP contribution >= 0.6 is 0 Å². The monoisotopic (exact) mass is 702 g/mol. The molecule has 0 bridgehead atoms. The van der Waals surface area contributed by atoms with Gasteiger partial charge in [0.15, 0.2) is 14.7 Å². The molecule has 0 saturated heterocycles. The van der Waals surface area contributed by atoms with Gasteiger partial charge in [-0.15, -0.1) is 0 Å². The second-order valence-corrected chi connectivity index (χ2v) is 14.8. The fourth-order valence-corrected chi connectivity index (χ4v) is 9.19. The van der Waals surface area contributed by atoms with E-state index in [4.69, 9.17) is 15.0 Å². The minimum Gasteiger partial charge on any atom is -0.565 e. The van der Waals surface area contributed by atoms with E-state index in [-0.39, 0.29) is 10.9 Å². The topological polar surface area (TPSA) is 60.4 Å². The molecule has 9 rings (SSSR count). The van der Waals surface area contributed by atoms with Crippen LogP contribution in [0.5, 0.6) is 0 Å². The summed E-state index contributed by atoms with van der Waals surface area (Å²) < 4.78 is 0. The highest BCUT2D eigenvalue weighted by Crippen LogP contribution is 2.38. The molecule has 4 heteroatoms. The summed E-state index contributed by atoms with van der Waals surface area (Å²) in [6.45, 7) is 0. The lowest BCUT2D eigenvalue weighted by Crippen LogP contribution is -2.17. The summed E-state index contributed by atoms with van der Waals surface area (Å²) in [6.07, 6.45) is -2.08. The van der Waals surface area contributed by atoms with Crippen molar-refractivity contribution >= 4 is 49.4 Å². The second-order valence-electron chi connectivity index (χ2n) is 12.7. The van der Waals surface area contributed by atoms with E-state index in [9.17, 15) is 0 Å². The van der Waals surface area contributed by atoms with Gasteiger partial charge in [-0.1, -0.05) is 127 Å². The number of carbonyl (C=O) groups is 1. The molecule has 9 aromatic rings. The minimum absolute atomic E-state index is 0.290. The van der Waals surface area contributed by atoms with Gasteiger partial charge in [0.25, 0.3) is 0 Å². The number of hydrogen-bond acceptors (Lipinski definition) is 2. The number of rotatable bonds is 6. The Bertz CT molecular complexity index is 2390. The Hall–Kier alpha value is -6.62. The maximum Gasteiger partial charge on any atom is 0.249 e. The summed E-state index contributed by atoms with van der Waals surface area (Å²) in [6, 6.07) is 73.4. The van der Waals surface area contributed by atoms with Gasteiger partial charge >= 0.3 is 0 Å². The van der Waals surface area contributed by atoms with E-state index >= 15 is 0 Å². The summed E-state index contributed by atoms with van der Waals surface area (Å²) in [4.78, 5) is 12.4. The van der Waals surface area contributed by atoms with Crippen molar-refractivity contribution in [3.63, 3.8) is 0 Å². The van der Waals surface area contributed by atoms with E-state index in [0.29, 0.717) is 0 Å². The molecule has 0 aromatic heterocycles. The molecule has 9 aromatic carbocycles. The predicted octanol–water partition coefficient (Wildman–Crippen LogP) is 12.1. The van der Waals surface area contributed by atoms with Gasteiger partial charge in [0.1, 0.15) is 0 Å². The van der Waals surface area contributed by atoms with E-state index in [1.54, 1.807) is 0 Å². The maximum absolute atomic E-state index is 8.44. The molecule has 3 nitrogen and oxygen atoms in total. The smallest absolute Gasteiger partial charge is 0.249 e. The van der Waals surface area contributed by atoms with Crippen molar-refractivity contribution in [2.75, 3.05) is 0 Å². The molecule has 53 heavy (non-hydrogen) atoms. The SMILES string of the molecule is O=C([O-])O.c1ccc2c(-c3ccc([S+](c4ccc(-c5cccc6ccccc56)cc4)c4ccc(-c5cccc6ccccc56)cc4)cc3)cccc2c1. The van der Waals surface area contributed by atoms with Crippen molar-refractivity contribution in [1.29, 1.82) is 0 Å². The first-order valence-corrected chi connectivity index (χ1v) is 18.6. The van der Waals surface area contributed by atoms with Crippen molar-refractivity contribution in [2.24, 2.45) is 0 Å². The number of fused-ring (bicyclic) bond motifs is 3. The van der Waals surface area contributed by atoms with Gasteiger partial charge < -0.3 is 15.0 Å². The predicted molar refractivity (Wildman–Crippen MR) is 218 cm³/mol. The zero-order valence-electron chi connectivity index (χ0n) is 28.7. The Morgan fingerprint density at radius 2 is 0.604 bits per heavy atom. The Labute approximate surface area is 311 Å². The number of carboxylic acid groups (broad SMARTS) is 2. The molecule has 0 fully saturated rings. The van der Waals surface area contributed by atoms with E-state index in [1.165, 1.54) is 80.4 Å². The number of hydrogen-bond donors (Lipinski definition) is 1. The van der Waals surface area contributed by atoms with Gasteiger partial charge in [0.2, 0.25) is 6.16 Å². The van der Waals surface area contributed by atoms with Gasteiger partial charge in [-0.2, -0.15) is 0 Å². The molecule has 254 valence electrons. The Morgan fingerprint density at radius 3 is 0.887 bits per heavy atom. The third kappa shape index (κ3) is 7.01. The zero-order chi connectivity index (χ0) is 36.1. The van der Waals surface area contributed by atoms with Crippen LogP contribution in [0.2, 0.25) is 0 Å². The lowest BCUT2D eigenvalue weighted by atomic mass is 9.98. The van der Waals surface area contributed by atoms with Crippen LogP contribution < -0.4 is 5.11 Å². The van der Waals surface area contributed by atoms with Gasteiger partial charge in [-0.3, -0.25) is 0 Å². The molecule has 0 aliphatic heterocycles. The lowest BCUT2D eigenvalue weighted by molar-refractivity contribution is -0.275. The van der Waals surface area contributed by atoms with Crippen molar-refractivity contribution in [3.05, 3.63) is 200 Å². The van der Waals surface area contributed by atoms with Crippen LogP contribution in [0, 0.1) is 0 Å². The molecule has 1 N–H and O–H groups in total. The Morgan fingerprint density at radius 1 is 0.358 bits per heavy atom. The Balaban J connectivity index is 0.000000954. The lowest BCUT2D eigenvalue weighted by Gasteiger charge is -2.12. The summed E-state index contributed by atoms with van der Waals surface area (Å²) in [5, 5.41) is 22.9. The molecule has 0 heterocycles. The molecule has 0 atom stereocenters. The van der Waals surface area contributed by atoms with Crippen LogP contribution in [-0.2, 0) is 10.9 Å². The second kappa shape index (κ2) is 14.9. The van der Waals surface area contributed by atoms with Crippen LogP contribution in [0.3, 0.4) is 0 Å². The fraction of sp³-hybridized carbons (Fsp3) is 0. The van der Waals surface area contributed by atoms with E-state index < -0.39 is 6.16 Å². The van der Waals surface area contributed by atoms with Crippen LogP contribution in [0.4, 0.5) is 4.79 Å². The highest BCUT2D eigenvalue weighted by atomic mass is 32.2. The summed E-state index contributed by atoms with van der Waals surface area (Å²) in [5.41, 5.74) is 7.51. The van der Waals surface area contributed by atoms with Crippen LogP contribution in [0.15, 0.2) is 215 Å². The quantitative estimate of drug-likeness (QED) is 0.175. The van der Waals surface area contributed by atoms with Gasteiger partial charge in [-0.25, -0.2) is 0 Å². The number of benzene rings is 9. The average molecular weight is 703 g/mol. The normalized spacial score (nSPS) is 11.0. The standard InChI is InChI=1S/C48H33S.CH2O3/c1-4-16-43-34(10-1)13-7-19-46(43)37-22-28-40(29-23-37)49(41-30-24-38(25-31-41)47-20-8-14-35-11-2-5-17-44(35)47)42-32-26-39(27-33-42)48-21-9-15-36-12-3-6-18-45(36)48;2-1(3)4/h1-33H;(H2,2,3,4)/q+1;/p-1. The van der Waals surface area contributed by atoms with Gasteiger partial charge in [-0.05, 0) is 138 Å². The van der Waals surface area contributed by atoms with Gasteiger partial charge in [0, 0.05) is 0 Å². The van der Waals surface area contributed by atoms with Crippen molar-refractivity contribution in [1.82, 2.24) is 0 Å². The highest BCUT2D eigenvalue weighted by molar-refractivity contribution is 7.97. The summed E-state index contributed by atoms with van der Waals surface area (Å²) in [7, 11) is -0.290. The van der Waals surface area contributed by atoms with E-state index in [0.717, 1.165) is 0 Å². The first-order valence-electron chi connectivity index (χ1n) is 17.4. The molecule has 0 aliphatic rings. The van der Waals surface area contributed by atoms with Crippen molar-refractivity contribution < 1.29 is 15.0 Å². The summed E-state index contributed by atoms with van der Waals surface area (Å²) in [5.74, 6) is 0.